The average Bonchev–Trinajstić information content (AvgIpc) is 2.83. The molecule has 0 bridgehead atoms. The minimum atomic E-state index is -0.216. The molecule has 0 aromatic carbocycles. The Bertz CT molecular complexity index is 494. The molecule has 86 valence electrons. The van der Waals surface area contributed by atoms with Gasteiger partial charge in [0, 0.05) is 11.4 Å². The van der Waals surface area contributed by atoms with Gasteiger partial charge in [0.05, 0.1) is 26.7 Å². The van der Waals surface area contributed by atoms with Gasteiger partial charge in [-0.25, -0.2) is 0 Å². The maximum atomic E-state index is 6.20. The van der Waals surface area contributed by atoms with Crippen LogP contribution in [0.3, 0.4) is 0 Å². The maximum Gasteiger partial charge on any atom is 0.0837 e. The van der Waals surface area contributed by atoms with Crippen LogP contribution < -0.4 is 5.73 Å². The van der Waals surface area contributed by atoms with E-state index in [-0.39, 0.29) is 6.04 Å². The number of aromatic nitrogens is 2. The minimum absolute atomic E-state index is 0.216. The van der Waals surface area contributed by atoms with Crippen molar-refractivity contribution in [3.63, 3.8) is 0 Å². The molecule has 1 atom stereocenters. The van der Waals surface area contributed by atoms with E-state index >= 15 is 0 Å². The highest BCUT2D eigenvalue weighted by molar-refractivity contribution is 9.11. The van der Waals surface area contributed by atoms with E-state index in [4.69, 9.17) is 17.3 Å². The Labute approximate surface area is 111 Å². The molecule has 1 unspecified atom stereocenters. The Morgan fingerprint density at radius 2 is 2.38 bits per heavy atom. The topological polar surface area (TPSA) is 43.8 Å². The number of nitrogens with two attached hydrogens (primary N) is 1. The summed E-state index contributed by atoms with van der Waals surface area (Å²) >= 11 is 11.1. The Balaban J connectivity index is 2.40. The van der Waals surface area contributed by atoms with Gasteiger partial charge < -0.3 is 5.73 Å². The molecular formula is C10H11BrClN3S. The van der Waals surface area contributed by atoms with Crippen molar-refractivity contribution in [3.05, 3.63) is 37.7 Å². The third-order valence-electron chi connectivity index (χ3n) is 2.33. The normalized spacial score (nSPS) is 13.0. The largest absolute Gasteiger partial charge is 0.318 e. The fourth-order valence-electron chi connectivity index (χ4n) is 1.56. The molecule has 0 amide bonds. The van der Waals surface area contributed by atoms with Crippen LogP contribution in [0.25, 0.3) is 0 Å². The molecule has 2 aromatic heterocycles. The van der Waals surface area contributed by atoms with Gasteiger partial charge in [0.2, 0.25) is 0 Å². The van der Waals surface area contributed by atoms with Crippen molar-refractivity contribution < 1.29 is 0 Å². The first-order chi connectivity index (χ1) is 7.63. The molecule has 0 fully saturated rings. The zero-order valence-electron chi connectivity index (χ0n) is 8.65. The molecule has 0 aliphatic rings. The summed E-state index contributed by atoms with van der Waals surface area (Å²) in [5.74, 6) is 0. The quantitative estimate of drug-likeness (QED) is 0.941. The fourth-order valence-corrected chi connectivity index (χ4v) is 3.25. The van der Waals surface area contributed by atoms with Crippen molar-refractivity contribution in [2.45, 2.75) is 19.5 Å². The van der Waals surface area contributed by atoms with E-state index in [0.29, 0.717) is 5.02 Å². The second-order valence-corrected chi connectivity index (χ2v) is 6.21. The molecule has 2 heterocycles. The molecule has 0 aliphatic carbocycles. The summed E-state index contributed by atoms with van der Waals surface area (Å²) in [5, 5.41) is 4.81. The highest BCUT2D eigenvalue weighted by atomic mass is 79.9. The van der Waals surface area contributed by atoms with Crippen molar-refractivity contribution in [3.8, 4) is 0 Å². The van der Waals surface area contributed by atoms with Gasteiger partial charge in [-0.15, -0.1) is 11.3 Å². The highest BCUT2D eigenvalue weighted by Crippen LogP contribution is 2.32. The average molecular weight is 321 g/mol. The number of hydrogen-bond donors (Lipinski definition) is 1. The van der Waals surface area contributed by atoms with E-state index in [1.54, 1.807) is 17.5 Å². The first-order valence-electron chi connectivity index (χ1n) is 4.85. The zero-order valence-corrected chi connectivity index (χ0v) is 11.8. The van der Waals surface area contributed by atoms with Gasteiger partial charge in [-0.2, -0.15) is 5.10 Å². The summed E-state index contributed by atoms with van der Waals surface area (Å²) in [5.41, 5.74) is 7.07. The van der Waals surface area contributed by atoms with Crippen LogP contribution in [0.1, 0.15) is 23.5 Å². The van der Waals surface area contributed by atoms with Gasteiger partial charge in [0.1, 0.15) is 0 Å². The predicted octanol–water partition coefficient (Wildman–Crippen LogP) is 3.43. The van der Waals surface area contributed by atoms with Crippen LogP contribution in [0.2, 0.25) is 5.02 Å². The van der Waals surface area contributed by atoms with E-state index in [2.05, 4.69) is 21.0 Å². The molecule has 16 heavy (non-hydrogen) atoms. The Kier molecular flexibility index (Phi) is 3.69. The fraction of sp³-hybridized carbons (Fsp3) is 0.300. The minimum Gasteiger partial charge on any atom is -0.318 e. The number of halogens is 2. The lowest BCUT2D eigenvalue weighted by Crippen LogP contribution is -2.16. The number of aryl methyl sites for hydroxylation is 1. The summed E-state index contributed by atoms with van der Waals surface area (Å²) in [4.78, 5) is 1.07. The smallest absolute Gasteiger partial charge is 0.0837 e. The van der Waals surface area contributed by atoms with Gasteiger partial charge in [-0.05, 0) is 35.0 Å². The van der Waals surface area contributed by atoms with Crippen molar-refractivity contribution >= 4 is 38.9 Å². The van der Waals surface area contributed by atoms with Gasteiger partial charge in [0.25, 0.3) is 0 Å². The highest BCUT2D eigenvalue weighted by Gasteiger charge is 2.19. The Morgan fingerprint density at radius 3 is 2.94 bits per heavy atom. The number of hydrogen-bond acceptors (Lipinski definition) is 3. The standard InChI is InChI=1S/C10H11BrClN3S/c1-2-15-10(6(12)5-14-15)9(13)7-3-4-8(11)16-7/h3-5,9H,2,13H2,1H3. The summed E-state index contributed by atoms with van der Waals surface area (Å²) in [6.45, 7) is 2.78. The van der Waals surface area contributed by atoms with Crippen molar-refractivity contribution in [1.29, 1.82) is 0 Å². The van der Waals surface area contributed by atoms with Crippen LogP contribution in [0.5, 0.6) is 0 Å². The molecule has 2 rings (SSSR count). The van der Waals surface area contributed by atoms with Gasteiger partial charge >= 0.3 is 0 Å². The van der Waals surface area contributed by atoms with Crippen LogP contribution >= 0.6 is 38.9 Å². The summed E-state index contributed by atoms with van der Waals surface area (Å²) in [6, 6.07) is 3.77. The van der Waals surface area contributed by atoms with Gasteiger partial charge in [0.15, 0.2) is 0 Å². The lowest BCUT2D eigenvalue weighted by atomic mass is 10.2. The van der Waals surface area contributed by atoms with E-state index in [1.807, 2.05) is 23.7 Å². The SMILES string of the molecule is CCn1ncc(Cl)c1C(N)c1ccc(Br)s1. The number of nitrogens with zero attached hydrogens (tertiary/aromatic N) is 2. The van der Waals surface area contributed by atoms with E-state index in [9.17, 15) is 0 Å². The van der Waals surface area contributed by atoms with Crippen LogP contribution in [-0.2, 0) is 6.54 Å². The molecule has 6 heteroatoms. The molecule has 0 saturated carbocycles. The number of rotatable bonds is 3. The molecule has 2 N–H and O–H groups in total. The third kappa shape index (κ3) is 2.18. The summed E-state index contributed by atoms with van der Waals surface area (Å²) in [7, 11) is 0. The van der Waals surface area contributed by atoms with Gasteiger partial charge in [-0.1, -0.05) is 11.6 Å². The molecular weight excluding hydrogens is 310 g/mol. The van der Waals surface area contributed by atoms with E-state index < -0.39 is 0 Å². The predicted molar refractivity (Wildman–Crippen MR) is 71.0 cm³/mol. The molecule has 3 nitrogen and oxygen atoms in total. The molecule has 0 radical (unpaired) electrons. The summed E-state index contributed by atoms with van der Waals surface area (Å²) in [6.07, 6.45) is 1.64. The Hall–Kier alpha value is -0.360. The van der Waals surface area contributed by atoms with Crippen molar-refractivity contribution in [2.75, 3.05) is 0 Å². The first kappa shape index (κ1) is 12.1. The van der Waals surface area contributed by atoms with Crippen LogP contribution in [0, 0.1) is 0 Å². The van der Waals surface area contributed by atoms with Crippen LogP contribution in [0.15, 0.2) is 22.1 Å². The maximum absolute atomic E-state index is 6.20. The van der Waals surface area contributed by atoms with Crippen LogP contribution in [0.4, 0.5) is 0 Å². The summed E-state index contributed by atoms with van der Waals surface area (Å²) < 4.78 is 2.90. The monoisotopic (exact) mass is 319 g/mol. The second-order valence-electron chi connectivity index (χ2n) is 3.31. The zero-order chi connectivity index (χ0) is 11.7. The second kappa shape index (κ2) is 4.87. The lowest BCUT2D eigenvalue weighted by Gasteiger charge is -2.12. The molecule has 0 aliphatic heterocycles. The van der Waals surface area contributed by atoms with E-state index in [1.165, 1.54) is 0 Å². The Morgan fingerprint density at radius 1 is 1.62 bits per heavy atom. The lowest BCUT2D eigenvalue weighted by molar-refractivity contribution is 0.603. The first-order valence-corrected chi connectivity index (χ1v) is 6.84. The number of thiophene rings is 1. The van der Waals surface area contributed by atoms with Crippen molar-refractivity contribution in [2.24, 2.45) is 5.73 Å². The molecule has 0 saturated heterocycles. The molecule has 0 spiro atoms. The molecule has 2 aromatic rings. The van der Waals surface area contributed by atoms with Gasteiger partial charge in [-0.3, -0.25) is 4.68 Å². The van der Waals surface area contributed by atoms with Crippen molar-refractivity contribution in [1.82, 2.24) is 9.78 Å². The van der Waals surface area contributed by atoms with Crippen LogP contribution in [-0.4, -0.2) is 9.78 Å². The third-order valence-corrected chi connectivity index (χ3v) is 4.33. The van der Waals surface area contributed by atoms with E-state index in [0.717, 1.165) is 20.9 Å².